The molecule has 1 amide bonds. The van der Waals surface area contributed by atoms with Gasteiger partial charge in [0.05, 0.1) is 0 Å². The van der Waals surface area contributed by atoms with Crippen LogP contribution in [0.2, 0.25) is 0 Å². The molecule has 0 saturated carbocycles. The van der Waals surface area contributed by atoms with Gasteiger partial charge in [-0.15, -0.1) is 0 Å². The van der Waals surface area contributed by atoms with Crippen LogP contribution < -0.4 is 16.2 Å². The van der Waals surface area contributed by atoms with Gasteiger partial charge in [0, 0.05) is 42.4 Å². The maximum absolute atomic E-state index is 12.4. The summed E-state index contributed by atoms with van der Waals surface area (Å²) < 4.78 is 0. The fourth-order valence-corrected chi connectivity index (χ4v) is 2.92. The van der Waals surface area contributed by atoms with Gasteiger partial charge in [-0.05, 0) is 47.5 Å². The normalized spacial score (nSPS) is 12.6. The van der Waals surface area contributed by atoms with E-state index in [-0.39, 0.29) is 5.56 Å². The Morgan fingerprint density at radius 3 is 2.60 bits per heavy atom. The highest BCUT2D eigenvalue weighted by atomic mass is 16.2. The number of nitrogens with one attached hydrogen (secondary N) is 3. The van der Waals surface area contributed by atoms with Gasteiger partial charge >= 0.3 is 0 Å². The van der Waals surface area contributed by atoms with E-state index in [9.17, 15) is 9.59 Å². The van der Waals surface area contributed by atoms with Crippen molar-refractivity contribution in [3.63, 3.8) is 0 Å². The summed E-state index contributed by atoms with van der Waals surface area (Å²) in [4.78, 5) is 31.4. The van der Waals surface area contributed by atoms with Gasteiger partial charge in [-0.1, -0.05) is 6.07 Å². The van der Waals surface area contributed by atoms with Crippen molar-refractivity contribution >= 4 is 11.6 Å². The van der Waals surface area contributed by atoms with Gasteiger partial charge in [-0.3, -0.25) is 14.6 Å². The number of fused-ring (bicyclic) bond motifs is 1. The number of benzene rings is 1. The van der Waals surface area contributed by atoms with E-state index in [0.29, 0.717) is 11.4 Å². The lowest BCUT2D eigenvalue weighted by Crippen LogP contribution is -2.23. The largest absolute Gasteiger partial charge is 0.322 e. The SMILES string of the molecule is O=C(Nc1ccc2c(c1)CNC2)c1ccc(-c2ccncc2)[nH]c1=O. The number of rotatable bonds is 3. The molecule has 6 nitrogen and oxygen atoms in total. The summed E-state index contributed by atoms with van der Waals surface area (Å²) in [6, 6.07) is 12.6. The van der Waals surface area contributed by atoms with Crippen LogP contribution in [0, 0.1) is 0 Å². The summed E-state index contributed by atoms with van der Waals surface area (Å²) in [6.45, 7) is 1.64. The Balaban J connectivity index is 1.57. The number of aromatic amines is 1. The van der Waals surface area contributed by atoms with Crippen molar-refractivity contribution in [3.05, 3.63) is 81.9 Å². The van der Waals surface area contributed by atoms with E-state index in [1.54, 1.807) is 36.7 Å². The average molecular weight is 332 g/mol. The Hall–Kier alpha value is -3.25. The summed E-state index contributed by atoms with van der Waals surface area (Å²) in [5.41, 5.74) is 4.23. The molecule has 124 valence electrons. The molecule has 3 aromatic rings. The Morgan fingerprint density at radius 2 is 1.80 bits per heavy atom. The maximum atomic E-state index is 12.4. The Kier molecular flexibility index (Phi) is 3.87. The van der Waals surface area contributed by atoms with Crippen molar-refractivity contribution in [2.75, 3.05) is 5.32 Å². The average Bonchev–Trinajstić information content (AvgIpc) is 3.10. The summed E-state index contributed by atoms with van der Waals surface area (Å²) in [7, 11) is 0. The molecule has 1 aliphatic rings. The lowest BCUT2D eigenvalue weighted by atomic mass is 10.1. The van der Waals surface area contributed by atoms with Crippen LogP contribution >= 0.6 is 0 Å². The van der Waals surface area contributed by atoms with Crippen LogP contribution in [-0.2, 0) is 13.1 Å². The van der Waals surface area contributed by atoms with Gasteiger partial charge in [0.25, 0.3) is 11.5 Å². The molecule has 0 bridgehead atoms. The lowest BCUT2D eigenvalue weighted by Gasteiger charge is -2.08. The predicted molar refractivity (Wildman–Crippen MR) is 95.2 cm³/mol. The molecule has 3 heterocycles. The molecule has 1 aromatic carbocycles. The number of aromatic nitrogens is 2. The molecular weight excluding hydrogens is 316 g/mol. The molecule has 0 spiro atoms. The van der Waals surface area contributed by atoms with Crippen molar-refractivity contribution in [1.29, 1.82) is 0 Å². The molecule has 1 aliphatic heterocycles. The highest BCUT2D eigenvalue weighted by Crippen LogP contribution is 2.20. The van der Waals surface area contributed by atoms with Crippen LogP contribution in [0.3, 0.4) is 0 Å². The zero-order chi connectivity index (χ0) is 17.2. The predicted octanol–water partition coefficient (Wildman–Crippen LogP) is 2.29. The number of nitrogens with zero attached hydrogens (tertiary/aromatic N) is 1. The lowest BCUT2D eigenvalue weighted by molar-refractivity contribution is 0.102. The molecule has 0 saturated heterocycles. The second-order valence-corrected chi connectivity index (χ2v) is 5.89. The second-order valence-electron chi connectivity index (χ2n) is 5.89. The van der Waals surface area contributed by atoms with Crippen molar-refractivity contribution in [3.8, 4) is 11.3 Å². The Morgan fingerprint density at radius 1 is 1.00 bits per heavy atom. The van der Waals surface area contributed by atoms with Crippen LogP contribution in [0.25, 0.3) is 11.3 Å². The minimum absolute atomic E-state index is 0.0800. The van der Waals surface area contributed by atoms with E-state index in [4.69, 9.17) is 0 Å². The van der Waals surface area contributed by atoms with E-state index in [2.05, 4.69) is 20.6 Å². The number of H-pyrrole nitrogens is 1. The molecule has 4 rings (SSSR count). The first-order valence-corrected chi connectivity index (χ1v) is 7.98. The van der Waals surface area contributed by atoms with Crippen molar-refractivity contribution in [2.45, 2.75) is 13.1 Å². The first-order valence-electron chi connectivity index (χ1n) is 7.98. The molecule has 0 fully saturated rings. The summed E-state index contributed by atoms with van der Waals surface area (Å²) in [5, 5.41) is 6.05. The molecule has 0 atom stereocenters. The van der Waals surface area contributed by atoms with Gasteiger partial charge in [-0.2, -0.15) is 0 Å². The van der Waals surface area contributed by atoms with Gasteiger partial charge in [0.15, 0.2) is 0 Å². The first-order chi connectivity index (χ1) is 12.2. The topological polar surface area (TPSA) is 86.9 Å². The van der Waals surface area contributed by atoms with Crippen LogP contribution in [0.4, 0.5) is 5.69 Å². The van der Waals surface area contributed by atoms with Gasteiger partial charge in [0.2, 0.25) is 0 Å². The standard InChI is InChI=1S/C19H16N4O2/c24-18(22-15-2-1-13-10-21-11-14(13)9-15)16-3-4-17(23-19(16)25)12-5-7-20-8-6-12/h1-9,21H,10-11H2,(H,22,24)(H,23,25). The van der Waals surface area contributed by atoms with Gasteiger partial charge in [-0.25, -0.2) is 0 Å². The van der Waals surface area contributed by atoms with E-state index in [0.717, 1.165) is 18.7 Å². The summed E-state index contributed by atoms with van der Waals surface area (Å²) >= 11 is 0. The maximum Gasteiger partial charge on any atom is 0.261 e. The molecule has 0 aliphatic carbocycles. The Bertz CT molecular complexity index is 996. The highest BCUT2D eigenvalue weighted by molar-refractivity contribution is 6.04. The number of anilines is 1. The third kappa shape index (κ3) is 3.07. The van der Waals surface area contributed by atoms with E-state index in [1.807, 2.05) is 18.2 Å². The van der Waals surface area contributed by atoms with Gasteiger partial charge < -0.3 is 15.6 Å². The monoisotopic (exact) mass is 332 g/mol. The second kappa shape index (κ2) is 6.33. The van der Waals surface area contributed by atoms with Crippen LogP contribution in [-0.4, -0.2) is 15.9 Å². The fourth-order valence-electron chi connectivity index (χ4n) is 2.92. The molecular formula is C19H16N4O2. The molecule has 6 heteroatoms. The summed E-state index contributed by atoms with van der Waals surface area (Å²) in [6.07, 6.45) is 3.30. The fraction of sp³-hybridized carbons (Fsp3) is 0.105. The molecule has 2 aromatic heterocycles. The molecule has 0 unspecified atom stereocenters. The smallest absolute Gasteiger partial charge is 0.261 e. The number of carbonyl (C=O) groups is 1. The third-order valence-corrected chi connectivity index (χ3v) is 4.24. The number of pyridine rings is 2. The number of hydrogen-bond acceptors (Lipinski definition) is 4. The van der Waals surface area contributed by atoms with Gasteiger partial charge in [0.1, 0.15) is 5.56 Å². The van der Waals surface area contributed by atoms with Crippen LogP contribution in [0.5, 0.6) is 0 Å². The molecule has 0 radical (unpaired) electrons. The van der Waals surface area contributed by atoms with Crippen LogP contribution in [0.1, 0.15) is 21.5 Å². The minimum atomic E-state index is -0.423. The molecule has 3 N–H and O–H groups in total. The zero-order valence-electron chi connectivity index (χ0n) is 13.4. The van der Waals surface area contributed by atoms with E-state index >= 15 is 0 Å². The first kappa shape index (κ1) is 15.3. The minimum Gasteiger partial charge on any atom is -0.322 e. The van der Waals surface area contributed by atoms with Crippen molar-refractivity contribution in [2.24, 2.45) is 0 Å². The highest BCUT2D eigenvalue weighted by Gasteiger charge is 2.14. The van der Waals surface area contributed by atoms with E-state index in [1.165, 1.54) is 11.1 Å². The quantitative estimate of drug-likeness (QED) is 0.687. The summed E-state index contributed by atoms with van der Waals surface area (Å²) in [5.74, 6) is -0.423. The van der Waals surface area contributed by atoms with Crippen LogP contribution in [0.15, 0.2) is 59.7 Å². The Labute approximate surface area is 143 Å². The zero-order valence-corrected chi connectivity index (χ0v) is 13.4. The molecule has 25 heavy (non-hydrogen) atoms. The van der Waals surface area contributed by atoms with Crippen molar-refractivity contribution in [1.82, 2.24) is 15.3 Å². The number of hydrogen-bond donors (Lipinski definition) is 3. The number of carbonyl (C=O) groups excluding carboxylic acids is 1. The van der Waals surface area contributed by atoms with Crippen molar-refractivity contribution < 1.29 is 4.79 Å². The third-order valence-electron chi connectivity index (χ3n) is 4.24. The number of amides is 1. The van der Waals surface area contributed by atoms with E-state index < -0.39 is 11.5 Å².